The molecule has 0 heterocycles. The third-order valence-electron chi connectivity index (χ3n) is 2.75. The lowest BCUT2D eigenvalue weighted by Gasteiger charge is -2.20. The fourth-order valence-electron chi connectivity index (χ4n) is 1.67. The van der Waals surface area contributed by atoms with E-state index in [0.29, 0.717) is 19.7 Å². The summed E-state index contributed by atoms with van der Waals surface area (Å²) in [5.74, 6) is 4.04. The van der Waals surface area contributed by atoms with Crippen LogP contribution >= 0.6 is 0 Å². The molecule has 0 unspecified atom stereocenters. The second kappa shape index (κ2) is 8.31. The van der Waals surface area contributed by atoms with Crippen LogP contribution < -0.4 is 0 Å². The van der Waals surface area contributed by atoms with Crippen molar-refractivity contribution in [1.82, 2.24) is 4.90 Å². The number of nitrogens with zero attached hydrogens (tertiary/aromatic N) is 1. The van der Waals surface area contributed by atoms with Gasteiger partial charge in [0.25, 0.3) is 5.91 Å². The predicted octanol–water partition coefficient (Wildman–Crippen LogP) is 1.28. The molecule has 108 valence electrons. The van der Waals surface area contributed by atoms with Crippen molar-refractivity contribution in [1.29, 1.82) is 0 Å². The fraction of sp³-hybridized carbons (Fsp3) is 0.400. The van der Waals surface area contributed by atoms with Crippen molar-refractivity contribution in [2.75, 3.05) is 33.4 Å². The number of halogens is 1. The van der Waals surface area contributed by atoms with E-state index in [1.165, 1.54) is 18.2 Å². The first-order chi connectivity index (χ1) is 9.63. The van der Waals surface area contributed by atoms with E-state index in [1.807, 2.05) is 6.92 Å². The molecule has 1 aromatic rings. The van der Waals surface area contributed by atoms with Gasteiger partial charge < -0.3 is 14.7 Å². The average Bonchev–Trinajstić information content (AvgIpc) is 2.46. The van der Waals surface area contributed by atoms with Gasteiger partial charge in [-0.3, -0.25) is 4.79 Å². The Morgan fingerprint density at radius 1 is 1.50 bits per heavy atom. The van der Waals surface area contributed by atoms with Gasteiger partial charge in [0.05, 0.1) is 12.2 Å². The van der Waals surface area contributed by atoms with Crippen LogP contribution in [0.4, 0.5) is 4.39 Å². The summed E-state index contributed by atoms with van der Waals surface area (Å²) in [4.78, 5) is 13.8. The van der Waals surface area contributed by atoms with Crippen molar-refractivity contribution < 1.29 is 19.0 Å². The molecule has 1 amide bonds. The first-order valence-corrected chi connectivity index (χ1v) is 6.31. The summed E-state index contributed by atoms with van der Waals surface area (Å²) in [6.07, 6.45) is 0. The SMILES string of the molecule is CCN(CCOC)C(=O)c1ccc(C#CCO)c(F)c1. The van der Waals surface area contributed by atoms with E-state index in [-0.39, 0.29) is 23.6 Å². The van der Waals surface area contributed by atoms with E-state index in [0.717, 1.165) is 0 Å². The topological polar surface area (TPSA) is 49.8 Å². The van der Waals surface area contributed by atoms with Crippen molar-refractivity contribution in [3.05, 3.63) is 35.1 Å². The first kappa shape index (κ1) is 16.2. The summed E-state index contributed by atoms with van der Waals surface area (Å²) in [6, 6.07) is 4.14. The summed E-state index contributed by atoms with van der Waals surface area (Å²) in [5.41, 5.74) is 0.436. The minimum atomic E-state index is -0.570. The van der Waals surface area contributed by atoms with Gasteiger partial charge in [0.15, 0.2) is 0 Å². The molecule has 0 fully saturated rings. The van der Waals surface area contributed by atoms with E-state index in [1.54, 1.807) is 12.0 Å². The van der Waals surface area contributed by atoms with Crippen LogP contribution in [0.15, 0.2) is 18.2 Å². The Kier molecular flexibility index (Phi) is 6.71. The van der Waals surface area contributed by atoms with Gasteiger partial charge in [-0.1, -0.05) is 11.8 Å². The van der Waals surface area contributed by atoms with E-state index in [2.05, 4.69) is 11.8 Å². The molecule has 1 N–H and O–H groups in total. The predicted molar refractivity (Wildman–Crippen MR) is 73.8 cm³/mol. The highest BCUT2D eigenvalue weighted by atomic mass is 19.1. The lowest BCUT2D eigenvalue weighted by molar-refractivity contribution is 0.0706. The van der Waals surface area contributed by atoms with Crippen molar-refractivity contribution >= 4 is 5.91 Å². The third kappa shape index (κ3) is 4.34. The molecule has 0 radical (unpaired) electrons. The minimum absolute atomic E-state index is 0.163. The zero-order chi connectivity index (χ0) is 15.0. The Morgan fingerprint density at radius 2 is 2.25 bits per heavy atom. The normalized spacial score (nSPS) is 9.80. The average molecular weight is 279 g/mol. The summed E-state index contributed by atoms with van der Waals surface area (Å²) >= 11 is 0. The molecule has 0 saturated heterocycles. The van der Waals surface area contributed by atoms with Crippen molar-refractivity contribution in [3.8, 4) is 11.8 Å². The number of amides is 1. The van der Waals surface area contributed by atoms with Crippen molar-refractivity contribution in [2.45, 2.75) is 6.92 Å². The number of hydrogen-bond donors (Lipinski definition) is 1. The van der Waals surface area contributed by atoms with Crippen LogP contribution in [0.2, 0.25) is 0 Å². The molecule has 0 aromatic heterocycles. The van der Waals surface area contributed by atoms with Gasteiger partial charge in [-0.2, -0.15) is 0 Å². The standard InChI is InChI=1S/C15H18FNO3/c1-3-17(8-10-20-2)15(19)13-7-6-12(5-4-9-18)14(16)11-13/h6-7,11,18H,3,8-10H2,1-2H3. The van der Waals surface area contributed by atoms with Gasteiger partial charge in [-0.15, -0.1) is 0 Å². The number of carbonyl (C=O) groups excluding carboxylic acids is 1. The molecule has 0 aliphatic carbocycles. The Balaban J connectivity index is 2.90. The monoisotopic (exact) mass is 279 g/mol. The quantitative estimate of drug-likeness (QED) is 0.826. The molecule has 0 aliphatic rings. The highest BCUT2D eigenvalue weighted by molar-refractivity contribution is 5.94. The van der Waals surface area contributed by atoms with Gasteiger partial charge in [0.2, 0.25) is 0 Å². The number of rotatable bonds is 5. The lowest BCUT2D eigenvalue weighted by Crippen LogP contribution is -2.33. The maximum Gasteiger partial charge on any atom is 0.254 e. The molecule has 1 aromatic carbocycles. The van der Waals surface area contributed by atoms with Crippen LogP contribution in [0.5, 0.6) is 0 Å². The second-order valence-electron chi connectivity index (χ2n) is 4.03. The molecule has 0 spiro atoms. The minimum Gasteiger partial charge on any atom is -0.384 e. The molecule has 0 bridgehead atoms. The Hall–Kier alpha value is -1.90. The zero-order valence-corrected chi connectivity index (χ0v) is 11.6. The Bertz CT molecular complexity index is 520. The molecular formula is C15H18FNO3. The highest BCUT2D eigenvalue weighted by Gasteiger charge is 2.15. The first-order valence-electron chi connectivity index (χ1n) is 6.31. The molecule has 1 rings (SSSR count). The molecule has 0 saturated carbocycles. The fourth-order valence-corrected chi connectivity index (χ4v) is 1.67. The van der Waals surface area contributed by atoms with Crippen LogP contribution in [0.25, 0.3) is 0 Å². The number of aliphatic hydroxyl groups is 1. The Labute approximate surface area is 118 Å². The van der Waals surface area contributed by atoms with E-state index >= 15 is 0 Å². The summed E-state index contributed by atoms with van der Waals surface area (Å²) in [7, 11) is 1.56. The number of aliphatic hydroxyl groups excluding tert-OH is 1. The van der Waals surface area contributed by atoms with Crippen LogP contribution in [0.1, 0.15) is 22.8 Å². The maximum atomic E-state index is 13.8. The lowest BCUT2D eigenvalue weighted by atomic mass is 10.1. The van der Waals surface area contributed by atoms with Gasteiger partial charge in [0, 0.05) is 25.8 Å². The van der Waals surface area contributed by atoms with E-state index in [4.69, 9.17) is 9.84 Å². The summed E-state index contributed by atoms with van der Waals surface area (Å²) in [6.45, 7) is 2.93. The maximum absolute atomic E-state index is 13.8. The molecule has 0 aliphatic heterocycles. The van der Waals surface area contributed by atoms with Crippen LogP contribution in [-0.2, 0) is 4.74 Å². The zero-order valence-electron chi connectivity index (χ0n) is 11.6. The Morgan fingerprint density at radius 3 is 2.80 bits per heavy atom. The number of carbonyl (C=O) groups is 1. The number of benzene rings is 1. The molecule has 5 heteroatoms. The van der Waals surface area contributed by atoms with Crippen LogP contribution in [-0.4, -0.2) is 49.3 Å². The smallest absolute Gasteiger partial charge is 0.254 e. The molecule has 0 atom stereocenters. The number of ether oxygens (including phenoxy) is 1. The van der Waals surface area contributed by atoms with Crippen LogP contribution in [0.3, 0.4) is 0 Å². The number of methoxy groups -OCH3 is 1. The molecule has 4 nitrogen and oxygen atoms in total. The van der Waals surface area contributed by atoms with Gasteiger partial charge in [0.1, 0.15) is 12.4 Å². The summed E-state index contributed by atoms with van der Waals surface area (Å²) in [5, 5.41) is 8.58. The van der Waals surface area contributed by atoms with Crippen molar-refractivity contribution in [3.63, 3.8) is 0 Å². The number of likely N-dealkylation sites (N-methyl/N-ethyl adjacent to an activating group) is 1. The van der Waals surface area contributed by atoms with Crippen LogP contribution in [0, 0.1) is 17.7 Å². The van der Waals surface area contributed by atoms with Gasteiger partial charge >= 0.3 is 0 Å². The third-order valence-corrected chi connectivity index (χ3v) is 2.75. The molecule has 20 heavy (non-hydrogen) atoms. The highest BCUT2D eigenvalue weighted by Crippen LogP contribution is 2.12. The van der Waals surface area contributed by atoms with Gasteiger partial charge in [-0.05, 0) is 25.1 Å². The summed E-state index contributed by atoms with van der Waals surface area (Å²) < 4.78 is 18.7. The molecular weight excluding hydrogens is 261 g/mol. The van der Waals surface area contributed by atoms with E-state index in [9.17, 15) is 9.18 Å². The largest absolute Gasteiger partial charge is 0.384 e. The van der Waals surface area contributed by atoms with E-state index < -0.39 is 5.82 Å². The van der Waals surface area contributed by atoms with Gasteiger partial charge in [-0.25, -0.2) is 4.39 Å². The number of hydrogen-bond acceptors (Lipinski definition) is 3. The second-order valence-corrected chi connectivity index (χ2v) is 4.03. The van der Waals surface area contributed by atoms with Crippen molar-refractivity contribution in [2.24, 2.45) is 0 Å².